The van der Waals surface area contributed by atoms with Crippen molar-refractivity contribution in [3.8, 4) is 5.75 Å². The van der Waals surface area contributed by atoms with Gasteiger partial charge in [0.25, 0.3) is 0 Å². The molecule has 0 amide bonds. The number of ether oxygens (including phenoxy) is 1. The summed E-state index contributed by atoms with van der Waals surface area (Å²) in [4.78, 5) is 16.4. The summed E-state index contributed by atoms with van der Waals surface area (Å²) in [6.45, 7) is 0. The van der Waals surface area contributed by atoms with E-state index in [0.717, 1.165) is 11.8 Å². The second-order valence-electron chi connectivity index (χ2n) is 4.66. The van der Waals surface area contributed by atoms with Crippen molar-refractivity contribution in [3.63, 3.8) is 0 Å². The fourth-order valence-electron chi connectivity index (χ4n) is 1.90. The van der Waals surface area contributed by atoms with E-state index in [4.69, 9.17) is 15.7 Å². The highest BCUT2D eigenvalue weighted by molar-refractivity contribution is 8.14. The molecule has 8 heteroatoms. The number of Topliss-reactive ketones (excluding diaryl/α,β-unsaturated/α-hetero) is 1. The summed E-state index contributed by atoms with van der Waals surface area (Å²) in [6, 6.07) is 13.4. The van der Waals surface area contributed by atoms with E-state index >= 15 is 0 Å². The molecule has 0 aliphatic heterocycles. The van der Waals surface area contributed by atoms with Crippen LogP contribution in [0.4, 0.5) is 11.4 Å². The van der Waals surface area contributed by atoms with Crippen LogP contribution in [0.1, 0.15) is 10.4 Å². The lowest BCUT2D eigenvalue weighted by Gasteiger charge is -2.24. The minimum Gasteiger partial charge on any atom is -0.733 e. The predicted molar refractivity (Wildman–Crippen MR) is 95.1 cm³/mol. The molecule has 0 aromatic heterocycles. The van der Waals surface area contributed by atoms with E-state index in [9.17, 15) is 10.0 Å². The van der Waals surface area contributed by atoms with Gasteiger partial charge in [-0.1, -0.05) is 30.0 Å². The van der Waals surface area contributed by atoms with E-state index in [1.165, 1.54) is 25.3 Å². The van der Waals surface area contributed by atoms with Crippen LogP contribution in [0.2, 0.25) is 0 Å². The van der Waals surface area contributed by atoms with Gasteiger partial charge in [0, 0.05) is 5.56 Å². The third-order valence-electron chi connectivity index (χ3n) is 3.05. The standard InChI is InChI=1S/C16H16N3O4S/c1-23-15-8-7-11(9-13(15)19(21)22)14(20)10-24-16(17)18-12-5-3-2-4-6-12/h2-9,21H,10H2,1H3,(H2,17,18)/q-1. The van der Waals surface area contributed by atoms with Crippen molar-refractivity contribution in [3.05, 3.63) is 59.3 Å². The number of anilines is 1. The Balaban J connectivity index is 2.05. The number of carbonyl (C=O) groups is 1. The van der Waals surface area contributed by atoms with Crippen LogP contribution in [0.15, 0.2) is 53.5 Å². The Labute approximate surface area is 143 Å². The fraction of sp³-hybridized carbons (Fsp3) is 0.125. The van der Waals surface area contributed by atoms with E-state index in [1.807, 2.05) is 18.2 Å². The van der Waals surface area contributed by atoms with E-state index in [-0.39, 0.29) is 38.9 Å². The molecule has 0 unspecified atom stereocenters. The molecule has 2 aromatic carbocycles. The van der Waals surface area contributed by atoms with Gasteiger partial charge in [0.1, 0.15) is 5.75 Å². The lowest BCUT2D eigenvalue weighted by molar-refractivity contribution is 0.102. The predicted octanol–water partition coefficient (Wildman–Crippen LogP) is 2.95. The molecule has 0 aliphatic carbocycles. The first-order chi connectivity index (χ1) is 11.5. The summed E-state index contributed by atoms with van der Waals surface area (Å²) in [6.07, 6.45) is 0. The molecule has 2 rings (SSSR count). The second kappa shape index (κ2) is 8.34. The van der Waals surface area contributed by atoms with Gasteiger partial charge < -0.3 is 20.9 Å². The van der Waals surface area contributed by atoms with Crippen LogP contribution < -0.4 is 15.7 Å². The van der Waals surface area contributed by atoms with Gasteiger partial charge in [-0.15, -0.1) is 0 Å². The monoisotopic (exact) mass is 346 g/mol. The summed E-state index contributed by atoms with van der Waals surface area (Å²) in [5.74, 6) is -0.0306. The summed E-state index contributed by atoms with van der Waals surface area (Å²) in [5.41, 5.74) is 6.62. The number of rotatable bonds is 6. The summed E-state index contributed by atoms with van der Waals surface area (Å²) < 4.78 is 4.95. The molecular formula is C16H16N3O4S-. The maximum Gasteiger partial charge on any atom is 0.173 e. The van der Waals surface area contributed by atoms with Gasteiger partial charge in [-0.3, -0.25) is 10.0 Å². The smallest absolute Gasteiger partial charge is 0.173 e. The molecule has 24 heavy (non-hydrogen) atoms. The van der Waals surface area contributed by atoms with Crippen molar-refractivity contribution in [2.45, 2.75) is 0 Å². The van der Waals surface area contributed by atoms with Crippen LogP contribution in [0, 0.1) is 5.21 Å². The number of hydrogen-bond donors (Lipinski definition) is 2. The van der Waals surface area contributed by atoms with Crippen molar-refractivity contribution >= 4 is 34.1 Å². The van der Waals surface area contributed by atoms with Crippen LogP contribution in [0.3, 0.4) is 0 Å². The molecular weight excluding hydrogens is 330 g/mol. The Hall–Kier alpha value is -2.55. The number of hydrogen-bond acceptors (Lipinski definition) is 7. The normalized spacial score (nSPS) is 11.2. The topological polar surface area (TPSA) is 111 Å². The Kier molecular flexibility index (Phi) is 6.19. The number of aliphatic imine (C=N–C) groups is 1. The number of thioether (sulfide) groups is 1. The zero-order valence-corrected chi connectivity index (χ0v) is 13.7. The molecule has 2 aromatic rings. The van der Waals surface area contributed by atoms with E-state index in [2.05, 4.69) is 4.99 Å². The number of nitrogens with zero attached hydrogens (tertiary/aromatic N) is 2. The highest BCUT2D eigenvalue weighted by Gasteiger charge is 2.12. The van der Waals surface area contributed by atoms with Gasteiger partial charge in [-0.2, -0.15) is 0 Å². The maximum atomic E-state index is 12.2. The summed E-state index contributed by atoms with van der Waals surface area (Å²) in [5, 5.41) is 20.1. The van der Waals surface area contributed by atoms with Crippen LogP contribution in [-0.4, -0.2) is 29.0 Å². The van der Waals surface area contributed by atoms with Crippen LogP contribution in [-0.2, 0) is 0 Å². The van der Waals surface area contributed by atoms with Gasteiger partial charge in [-0.25, -0.2) is 4.99 Å². The Bertz CT molecular complexity index is 735. The number of methoxy groups -OCH3 is 1. The molecule has 0 aliphatic rings. The molecule has 7 nitrogen and oxygen atoms in total. The highest BCUT2D eigenvalue weighted by atomic mass is 32.2. The molecule has 0 spiro atoms. The SMILES string of the molecule is COc1ccc(C(=O)CSC(N)=Nc2ccccc2)cc1N([O-])O. The number of amidine groups is 1. The summed E-state index contributed by atoms with van der Waals surface area (Å²) in [7, 11) is 1.36. The number of nitrogens with two attached hydrogens (primary N) is 1. The van der Waals surface area contributed by atoms with E-state index < -0.39 is 0 Å². The van der Waals surface area contributed by atoms with Crippen molar-refractivity contribution < 1.29 is 14.7 Å². The average Bonchev–Trinajstić information content (AvgIpc) is 2.59. The van der Waals surface area contributed by atoms with E-state index in [0.29, 0.717) is 5.69 Å². The summed E-state index contributed by atoms with van der Waals surface area (Å²) >= 11 is 1.09. The molecule has 0 saturated heterocycles. The third-order valence-corrected chi connectivity index (χ3v) is 3.85. The third kappa shape index (κ3) is 4.72. The number of ketones is 1. The number of benzene rings is 2. The van der Waals surface area contributed by atoms with Crippen LogP contribution in [0.25, 0.3) is 0 Å². The Morgan fingerprint density at radius 3 is 2.67 bits per heavy atom. The average molecular weight is 346 g/mol. The molecule has 0 fully saturated rings. The van der Waals surface area contributed by atoms with Crippen LogP contribution >= 0.6 is 11.8 Å². The first kappa shape index (κ1) is 17.8. The van der Waals surface area contributed by atoms with Gasteiger partial charge in [-0.05, 0) is 30.3 Å². The lowest BCUT2D eigenvalue weighted by atomic mass is 10.1. The number of para-hydroxylation sites is 1. The van der Waals surface area contributed by atoms with Crippen molar-refractivity contribution in [1.82, 2.24) is 0 Å². The van der Waals surface area contributed by atoms with Gasteiger partial charge in [0.15, 0.2) is 11.0 Å². The fourth-order valence-corrected chi connectivity index (χ4v) is 2.51. The molecule has 0 saturated carbocycles. The van der Waals surface area contributed by atoms with Crippen LogP contribution in [0.5, 0.6) is 5.75 Å². The first-order valence-corrected chi connectivity index (χ1v) is 7.89. The molecule has 3 N–H and O–H groups in total. The molecule has 126 valence electrons. The van der Waals surface area contributed by atoms with Gasteiger partial charge >= 0.3 is 0 Å². The quantitative estimate of drug-likeness (QED) is 0.358. The van der Waals surface area contributed by atoms with Gasteiger partial charge in [0.2, 0.25) is 0 Å². The molecule has 0 heterocycles. The van der Waals surface area contributed by atoms with Crippen molar-refractivity contribution in [1.29, 1.82) is 0 Å². The minimum absolute atomic E-state index is 0.0538. The highest BCUT2D eigenvalue weighted by Crippen LogP contribution is 2.28. The lowest BCUT2D eigenvalue weighted by Crippen LogP contribution is -2.13. The molecule has 0 radical (unpaired) electrons. The Morgan fingerprint density at radius 2 is 2.04 bits per heavy atom. The molecule has 0 bridgehead atoms. The van der Waals surface area contributed by atoms with Crippen molar-refractivity contribution in [2.75, 3.05) is 18.1 Å². The number of carbonyl (C=O) groups excluding carboxylic acids is 1. The van der Waals surface area contributed by atoms with Crippen molar-refractivity contribution in [2.24, 2.45) is 10.7 Å². The largest absolute Gasteiger partial charge is 0.733 e. The zero-order valence-electron chi connectivity index (χ0n) is 12.9. The minimum atomic E-state index is -0.339. The second-order valence-corrected chi connectivity index (χ2v) is 5.65. The van der Waals surface area contributed by atoms with Gasteiger partial charge in [0.05, 0.1) is 24.2 Å². The maximum absolute atomic E-state index is 12.2. The Morgan fingerprint density at radius 1 is 1.33 bits per heavy atom. The first-order valence-electron chi connectivity index (χ1n) is 6.90. The zero-order chi connectivity index (χ0) is 17.5. The molecule has 0 atom stereocenters. The van der Waals surface area contributed by atoms with E-state index in [1.54, 1.807) is 12.1 Å².